The molecule has 0 saturated carbocycles. The average molecular weight is 321 g/mol. The molecule has 8 heteroatoms. The molecule has 0 spiro atoms. The van der Waals surface area contributed by atoms with E-state index in [2.05, 4.69) is 15.0 Å². The van der Waals surface area contributed by atoms with Crippen LogP contribution in [0.25, 0.3) is 0 Å². The number of nitrogens with zero attached hydrogens (tertiary/aromatic N) is 1. The molecule has 1 aliphatic rings. The van der Waals surface area contributed by atoms with E-state index in [0.717, 1.165) is 4.88 Å². The second-order valence-corrected chi connectivity index (χ2v) is 6.90. The molecule has 6 nitrogen and oxygen atoms in total. The van der Waals surface area contributed by atoms with Crippen molar-refractivity contribution in [2.24, 2.45) is 4.40 Å². The third kappa shape index (κ3) is 2.81. The average Bonchev–Trinajstić information content (AvgIpc) is 2.97. The summed E-state index contributed by atoms with van der Waals surface area (Å²) in [6.07, 6.45) is 0. The molecule has 2 heterocycles. The molecule has 3 rings (SSSR count). The first-order valence-electron chi connectivity index (χ1n) is 6.08. The number of carbonyl (C=O) groups is 1. The maximum atomic E-state index is 12.0. The summed E-state index contributed by atoms with van der Waals surface area (Å²) in [6, 6.07) is 10.1. The topological polar surface area (TPSA) is 87.6 Å². The van der Waals surface area contributed by atoms with Crippen molar-refractivity contribution in [3.63, 3.8) is 0 Å². The lowest BCUT2D eigenvalue weighted by atomic mass is 10.3. The zero-order valence-electron chi connectivity index (χ0n) is 10.7. The van der Waals surface area contributed by atoms with Crippen molar-refractivity contribution in [2.75, 3.05) is 5.32 Å². The minimum atomic E-state index is -3.84. The van der Waals surface area contributed by atoms with Crippen LogP contribution in [0.4, 0.5) is 5.69 Å². The summed E-state index contributed by atoms with van der Waals surface area (Å²) in [4.78, 5) is 13.1. The van der Waals surface area contributed by atoms with Gasteiger partial charge in [0.2, 0.25) is 5.84 Å². The Morgan fingerprint density at radius 3 is 2.81 bits per heavy atom. The molecule has 0 aliphatic carbocycles. The lowest BCUT2D eigenvalue weighted by Crippen LogP contribution is -2.37. The molecule has 1 aliphatic heterocycles. The number of carbonyl (C=O) groups excluding carboxylic acids is 1. The Hall–Kier alpha value is -2.19. The van der Waals surface area contributed by atoms with Crippen molar-refractivity contribution in [1.82, 2.24) is 5.32 Å². The standard InChI is InChI=1S/C13H11N3O3S2/c17-13(14-8-9-4-3-7-20-9)12-15-10-5-1-2-6-11(10)21(18,19)16-12/h1-7H,8H2,(H,14,17)(H,15,16). The molecular weight excluding hydrogens is 310 g/mol. The van der Waals surface area contributed by atoms with E-state index < -0.39 is 15.9 Å². The van der Waals surface area contributed by atoms with Crippen LogP contribution in [0.2, 0.25) is 0 Å². The molecule has 0 saturated heterocycles. The predicted molar refractivity (Wildman–Crippen MR) is 80.9 cm³/mol. The Labute approximate surface area is 125 Å². The van der Waals surface area contributed by atoms with E-state index in [9.17, 15) is 13.2 Å². The van der Waals surface area contributed by atoms with E-state index in [4.69, 9.17) is 0 Å². The van der Waals surface area contributed by atoms with Crippen molar-refractivity contribution in [3.8, 4) is 0 Å². The van der Waals surface area contributed by atoms with Crippen LogP contribution in [-0.2, 0) is 21.4 Å². The van der Waals surface area contributed by atoms with Gasteiger partial charge in [0.1, 0.15) is 4.90 Å². The highest BCUT2D eigenvalue weighted by atomic mass is 32.2. The summed E-state index contributed by atoms with van der Waals surface area (Å²) >= 11 is 1.51. The number of amides is 1. The molecule has 1 amide bonds. The Bertz CT molecular complexity index is 811. The van der Waals surface area contributed by atoms with Gasteiger partial charge in [-0.15, -0.1) is 15.7 Å². The third-order valence-electron chi connectivity index (χ3n) is 2.85. The second-order valence-electron chi connectivity index (χ2n) is 4.30. The van der Waals surface area contributed by atoms with E-state index >= 15 is 0 Å². The Balaban J connectivity index is 1.81. The van der Waals surface area contributed by atoms with Crippen molar-refractivity contribution in [2.45, 2.75) is 11.4 Å². The number of nitrogens with one attached hydrogen (secondary N) is 2. The van der Waals surface area contributed by atoms with Gasteiger partial charge in [-0.2, -0.15) is 8.42 Å². The van der Waals surface area contributed by atoms with Gasteiger partial charge >= 0.3 is 0 Å². The maximum Gasteiger partial charge on any atom is 0.288 e. The van der Waals surface area contributed by atoms with Crippen molar-refractivity contribution < 1.29 is 13.2 Å². The van der Waals surface area contributed by atoms with Gasteiger partial charge in [-0.1, -0.05) is 18.2 Å². The fourth-order valence-electron chi connectivity index (χ4n) is 1.88. The zero-order valence-corrected chi connectivity index (χ0v) is 12.4. The SMILES string of the molecule is O=C(NCc1cccs1)C1=NS(=O)(=O)c2ccccc2N1. The molecule has 0 unspecified atom stereocenters. The minimum Gasteiger partial charge on any atom is -0.344 e. The van der Waals surface area contributed by atoms with Gasteiger partial charge in [0, 0.05) is 4.88 Å². The van der Waals surface area contributed by atoms with E-state index in [1.54, 1.807) is 18.2 Å². The van der Waals surface area contributed by atoms with Crippen molar-refractivity contribution >= 4 is 38.8 Å². The van der Waals surface area contributed by atoms with Crippen LogP contribution in [0.3, 0.4) is 0 Å². The van der Waals surface area contributed by atoms with Gasteiger partial charge in [0.15, 0.2) is 0 Å². The summed E-state index contributed by atoms with van der Waals surface area (Å²) in [6.45, 7) is 0.332. The summed E-state index contributed by atoms with van der Waals surface area (Å²) < 4.78 is 27.6. The molecule has 1 aromatic heterocycles. The molecule has 108 valence electrons. The van der Waals surface area contributed by atoms with Crippen molar-refractivity contribution in [1.29, 1.82) is 0 Å². The lowest BCUT2D eigenvalue weighted by molar-refractivity contribution is -0.114. The number of fused-ring (bicyclic) bond motifs is 1. The number of sulfonamides is 1. The normalized spacial score (nSPS) is 15.5. The molecule has 2 N–H and O–H groups in total. The smallest absolute Gasteiger partial charge is 0.288 e. The molecular formula is C13H11N3O3S2. The van der Waals surface area contributed by atoms with E-state index in [1.165, 1.54) is 17.4 Å². The molecule has 0 fully saturated rings. The fraction of sp³-hybridized carbons (Fsp3) is 0.0769. The summed E-state index contributed by atoms with van der Waals surface area (Å²) in [5.74, 6) is -0.772. The second kappa shape index (κ2) is 5.30. The number of anilines is 1. The maximum absolute atomic E-state index is 12.0. The molecule has 2 aromatic rings. The number of thiophene rings is 1. The Morgan fingerprint density at radius 1 is 1.24 bits per heavy atom. The highest BCUT2D eigenvalue weighted by Crippen LogP contribution is 2.26. The van der Waals surface area contributed by atoms with Gasteiger partial charge in [-0.05, 0) is 23.6 Å². The monoisotopic (exact) mass is 321 g/mol. The Morgan fingerprint density at radius 2 is 2.05 bits per heavy atom. The first kappa shape index (κ1) is 13.8. The number of para-hydroxylation sites is 1. The van der Waals surface area contributed by atoms with E-state index in [1.807, 2.05) is 17.5 Å². The van der Waals surface area contributed by atoms with Crippen LogP contribution in [0.15, 0.2) is 51.1 Å². The third-order valence-corrected chi connectivity index (χ3v) is 5.06. The molecule has 0 bridgehead atoms. The summed E-state index contributed by atoms with van der Waals surface area (Å²) in [5.41, 5.74) is 0.355. The number of rotatable bonds is 3. The first-order valence-corrected chi connectivity index (χ1v) is 8.40. The summed E-state index contributed by atoms with van der Waals surface area (Å²) in [7, 11) is -3.84. The molecule has 1 aromatic carbocycles. The highest BCUT2D eigenvalue weighted by Gasteiger charge is 2.27. The van der Waals surface area contributed by atoms with Gasteiger partial charge in [0.25, 0.3) is 15.9 Å². The predicted octanol–water partition coefficient (Wildman–Crippen LogP) is 1.58. The van der Waals surface area contributed by atoms with Crippen LogP contribution in [0.5, 0.6) is 0 Å². The van der Waals surface area contributed by atoms with Gasteiger partial charge < -0.3 is 10.6 Å². The van der Waals surface area contributed by atoms with Crippen LogP contribution in [0.1, 0.15) is 4.88 Å². The largest absolute Gasteiger partial charge is 0.344 e. The van der Waals surface area contributed by atoms with Gasteiger partial charge in [0.05, 0.1) is 12.2 Å². The van der Waals surface area contributed by atoms with Crippen LogP contribution < -0.4 is 10.6 Å². The summed E-state index contributed by atoms with van der Waals surface area (Å²) in [5, 5.41) is 7.28. The van der Waals surface area contributed by atoms with Crippen LogP contribution in [-0.4, -0.2) is 20.2 Å². The first-order chi connectivity index (χ1) is 10.1. The molecule has 0 atom stereocenters. The van der Waals surface area contributed by atoms with E-state index in [0.29, 0.717) is 12.2 Å². The zero-order chi connectivity index (χ0) is 14.9. The lowest BCUT2D eigenvalue weighted by Gasteiger charge is -2.17. The van der Waals surface area contributed by atoms with Crippen LogP contribution in [0, 0.1) is 0 Å². The number of hydrogen-bond donors (Lipinski definition) is 2. The van der Waals surface area contributed by atoms with Gasteiger partial charge in [-0.25, -0.2) is 0 Å². The molecule has 21 heavy (non-hydrogen) atoms. The van der Waals surface area contributed by atoms with Crippen LogP contribution >= 0.6 is 11.3 Å². The quantitative estimate of drug-likeness (QED) is 0.898. The molecule has 0 radical (unpaired) electrons. The van der Waals surface area contributed by atoms with E-state index in [-0.39, 0.29) is 10.7 Å². The number of amidine groups is 1. The number of benzene rings is 1. The number of hydrogen-bond acceptors (Lipinski definition) is 5. The Kier molecular flexibility index (Phi) is 3.48. The van der Waals surface area contributed by atoms with Gasteiger partial charge in [-0.3, -0.25) is 4.79 Å². The fourth-order valence-corrected chi connectivity index (χ4v) is 3.64. The minimum absolute atomic E-state index is 0.0693. The van der Waals surface area contributed by atoms with Crippen molar-refractivity contribution in [3.05, 3.63) is 46.7 Å². The highest BCUT2D eigenvalue weighted by molar-refractivity contribution is 7.90.